The Bertz CT molecular complexity index is 3350. The van der Waals surface area contributed by atoms with Gasteiger partial charge in [0.2, 0.25) is 0 Å². The number of fused-ring (bicyclic) bond motifs is 7. The Labute approximate surface area is 370 Å². The van der Waals surface area contributed by atoms with E-state index in [4.69, 9.17) is 0 Å². The Morgan fingerprint density at radius 1 is 0.429 bits per heavy atom. The first-order chi connectivity index (χ1) is 31.2. The zero-order valence-electron chi connectivity index (χ0n) is 35.8. The van der Waals surface area contributed by atoms with Crippen LogP contribution in [0.1, 0.15) is 67.2 Å². The van der Waals surface area contributed by atoms with Crippen molar-refractivity contribution in [2.24, 2.45) is 0 Å². The van der Waals surface area contributed by atoms with Gasteiger partial charge in [-0.2, -0.15) is 0 Å². The van der Waals surface area contributed by atoms with Crippen molar-refractivity contribution in [3.63, 3.8) is 0 Å². The number of benzene rings is 10. The number of anilines is 3. The molecule has 1 fully saturated rings. The second-order valence-corrected chi connectivity index (χ2v) is 17.9. The summed E-state index contributed by atoms with van der Waals surface area (Å²) in [6.07, 6.45) is 6.47. The number of hydrogen-bond donors (Lipinski definition) is 0. The van der Waals surface area contributed by atoms with Gasteiger partial charge in [0.15, 0.2) is 0 Å². The van der Waals surface area contributed by atoms with E-state index in [9.17, 15) is 0 Å². The molecular formula is C62H49N. The summed E-state index contributed by atoms with van der Waals surface area (Å²) in [6.45, 7) is 2.42. The van der Waals surface area contributed by atoms with Crippen LogP contribution in [0.4, 0.5) is 17.1 Å². The number of nitrogens with zero attached hydrogens (tertiary/aromatic N) is 1. The maximum atomic E-state index is 2.58. The Balaban J connectivity index is 1.13. The lowest BCUT2D eigenvalue weighted by molar-refractivity contribution is 0.445. The third-order valence-corrected chi connectivity index (χ3v) is 14.5. The Morgan fingerprint density at radius 2 is 1.06 bits per heavy atom. The normalized spacial score (nSPS) is 16.0. The summed E-state index contributed by atoms with van der Waals surface area (Å²) < 4.78 is 0. The highest BCUT2D eigenvalue weighted by Crippen LogP contribution is 2.57. The van der Waals surface area contributed by atoms with Gasteiger partial charge in [-0.1, -0.05) is 207 Å². The number of hydrogen-bond acceptors (Lipinski definition) is 1. The van der Waals surface area contributed by atoms with E-state index in [1.165, 1.54) is 131 Å². The fourth-order valence-corrected chi connectivity index (χ4v) is 11.5. The van der Waals surface area contributed by atoms with Crippen LogP contribution in [0.2, 0.25) is 0 Å². The predicted octanol–water partition coefficient (Wildman–Crippen LogP) is 17.3. The molecule has 0 bridgehead atoms. The van der Waals surface area contributed by atoms with E-state index < -0.39 is 0 Å². The molecule has 12 rings (SSSR count). The second kappa shape index (κ2) is 15.3. The molecule has 1 unspecified atom stereocenters. The standard InChI is InChI=1S/C62H49N/c1-62(46-25-6-3-7-26-46)56-35-12-10-30-55(56)61-57(62)36-18-38-59(61)63(47-27-14-24-45(41-47)49-31-17-33-51-48-28-9-8-21-43(48)39-40-52(49)51)58-37-13-11-29-53(58)54-34-16-23-44-22-15-32-50(60(44)54)42-19-4-2-5-20-42/h3,6-18,21-42H,2,4-5,19-20H2,1H3. The minimum atomic E-state index is -0.327. The third kappa shape index (κ3) is 6.05. The van der Waals surface area contributed by atoms with E-state index in [0.29, 0.717) is 5.92 Å². The summed E-state index contributed by atoms with van der Waals surface area (Å²) >= 11 is 0. The Kier molecular flexibility index (Phi) is 9.11. The fraction of sp³-hybridized carbons (Fsp3) is 0.129. The molecule has 302 valence electrons. The van der Waals surface area contributed by atoms with Gasteiger partial charge in [0.05, 0.1) is 11.4 Å². The Hall–Kier alpha value is -7.22. The van der Waals surface area contributed by atoms with Crippen molar-refractivity contribution in [2.75, 3.05) is 4.90 Å². The molecule has 0 saturated heterocycles. The molecule has 2 aliphatic carbocycles. The van der Waals surface area contributed by atoms with Gasteiger partial charge < -0.3 is 4.90 Å². The van der Waals surface area contributed by atoms with Crippen LogP contribution < -0.4 is 4.90 Å². The van der Waals surface area contributed by atoms with E-state index in [0.717, 1.165) is 5.69 Å². The summed E-state index contributed by atoms with van der Waals surface area (Å²) in [5.74, 6) is 0.575. The smallest absolute Gasteiger partial charge is 0.0543 e. The van der Waals surface area contributed by atoms with Crippen molar-refractivity contribution in [1.29, 1.82) is 0 Å². The highest BCUT2D eigenvalue weighted by molar-refractivity contribution is 6.12. The molecule has 1 nitrogen and oxygen atoms in total. The largest absolute Gasteiger partial charge is 0.309 e. The van der Waals surface area contributed by atoms with E-state index in [1.807, 2.05) is 0 Å². The molecule has 0 aliphatic heterocycles. The van der Waals surface area contributed by atoms with Crippen molar-refractivity contribution in [3.8, 4) is 33.4 Å². The molecule has 1 saturated carbocycles. The van der Waals surface area contributed by atoms with Crippen LogP contribution in [0.5, 0.6) is 0 Å². The Morgan fingerprint density at radius 3 is 1.95 bits per heavy atom. The molecule has 2 aliphatic rings. The van der Waals surface area contributed by atoms with Gasteiger partial charge in [-0.05, 0) is 127 Å². The summed E-state index contributed by atoms with van der Waals surface area (Å²) in [5.41, 5.74) is 16.2. The van der Waals surface area contributed by atoms with Crippen LogP contribution in [0.15, 0.2) is 212 Å². The summed E-state index contributed by atoms with van der Waals surface area (Å²) in [5, 5.41) is 7.80. The van der Waals surface area contributed by atoms with Gasteiger partial charge >= 0.3 is 0 Å². The predicted molar refractivity (Wildman–Crippen MR) is 268 cm³/mol. The first-order valence-corrected chi connectivity index (χ1v) is 22.9. The van der Waals surface area contributed by atoms with Crippen LogP contribution >= 0.6 is 0 Å². The van der Waals surface area contributed by atoms with Crippen molar-refractivity contribution in [2.45, 2.75) is 50.4 Å². The maximum absolute atomic E-state index is 2.58. The van der Waals surface area contributed by atoms with Gasteiger partial charge in [-0.15, -0.1) is 0 Å². The van der Waals surface area contributed by atoms with E-state index >= 15 is 0 Å². The molecule has 0 radical (unpaired) electrons. The molecule has 1 heteroatoms. The zero-order chi connectivity index (χ0) is 41.9. The van der Waals surface area contributed by atoms with Crippen molar-refractivity contribution < 1.29 is 0 Å². The number of rotatable bonds is 7. The van der Waals surface area contributed by atoms with Crippen molar-refractivity contribution >= 4 is 49.4 Å². The fourth-order valence-electron chi connectivity index (χ4n) is 11.5. The van der Waals surface area contributed by atoms with Crippen LogP contribution in [0.25, 0.3) is 65.7 Å². The minimum absolute atomic E-state index is 0.327. The van der Waals surface area contributed by atoms with Gasteiger partial charge in [0.1, 0.15) is 0 Å². The first-order valence-electron chi connectivity index (χ1n) is 22.9. The lowest BCUT2D eigenvalue weighted by Gasteiger charge is -2.32. The van der Waals surface area contributed by atoms with Crippen LogP contribution in [0, 0.1) is 0 Å². The SMILES string of the molecule is CC1(c2ccccc2)c2ccccc2-c2c(N(c3cccc(-c4cccc5c4ccc4ccccc45)c3)c3ccccc3-c3cccc4cccc(C5CCCCC5)c34)cccc21. The van der Waals surface area contributed by atoms with Gasteiger partial charge in [0.25, 0.3) is 0 Å². The van der Waals surface area contributed by atoms with E-state index in [1.54, 1.807) is 0 Å². The minimum Gasteiger partial charge on any atom is -0.309 e. The van der Waals surface area contributed by atoms with Gasteiger partial charge in [-0.25, -0.2) is 0 Å². The molecule has 63 heavy (non-hydrogen) atoms. The molecule has 10 aromatic rings. The molecule has 0 spiro atoms. The zero-order valence-corrected chi connectivity index (χ0v) is 35.8. The van der Waals surface area contributed by atoms with Gasteiger partial charge in [-0.3, -0.25) is 0 Å². The van der Waals surface area contributed by atoms with Gasteiger partial charge in [0, 0.05) is 22.2 Å². The molecule has 0 heterocycles. The lowest BCUT2D eigenvalue weighted by Crippen LogP contribution is -2.22. The average Bonchev–Trinajstić information content (AvgIpc) is 3.63. The molecule has 0 aromatic heterocycles. The molecular weight excluding hydrogens is 759 g/mol. The van der Waals surface area contributed by atoms with Crippen molar-refractivity contribution in [3.05, 3.63) is 235 Å². The summed E-state index contributed by atoms with van der Waals surface area (Å²) in [6, 6.07) is 79.7. The topological polar surface area (TPSA) is 3.24 Å². The molecule has 0 N–H and O–H groups in total. The maximum Gasteiger partial charge on any atom is 0.0543 e. The van der Waals surface area contributed by atoms with Crippen LogP contribution in [-0.4, -0.2) is 0 Å². The molecule has 0 amide bonds. The van der Waals surface area contributed by atoms with Crippen LogP contribution in [-0.2, 0) is 5.41 Å². The third-order valence-electron chi connectivity index (χ3n) is 14.5. The second-order valence-electron chi connectivity index (χ2n) is 17.9. The van der Waals surface area contributed by atoms with E-state index in [2.05, 4.69) is 224 Å². The molecule has 1 atom stereocenters. The summed E-state index contributed by atoms with van der Waals surface area (Å²) in [7, 11) is 0. The monoisotopic (exact) mass is 807 g/mol. The number of para-hydroxylation sites is 1. The first kappa shape index (κ1) is 37.5. The van der Waals surface area contributed by atoms with Crippen LogP contribution in [0.3, 0.4) is 0 Å². The van der Waals surface area contributed by atoms with E-state index in [-0.39, 0.29) is 5.41 Å². The highest BCUT2D eigenvalue weighted by atomic mass is 15.1. The quantitative estimate of drug-likeness (QED) is 0.145. The highest BCUT2D eigenvalue weighted by Gasteiger charge is 2.42. The average molecular weight is 808 g/mol. The molecule has 10 aromatic carbocycles. The lowest BCUT2D eigenvalue weighted by atomic mass is 9.74. The van der Waals surface area contributed by atoms with Crippen molar-refractivity contribution in [1.82, 2.24) is 0 Å². The summed E-state index contributed by atoms with van der Waals surface area (Å²) in [4.78, 5) is 2.58.